The van der Waals surface area contributed by atoms with Crippen LogP contribution in [0.5, 0.6) is 0 Å². The van der Waals surface area contributed by atoms with Gasteiger partial charge in [0, 0.05) is 32.8 Å². The molecular formula is C13H26N4O4. The van der Waals surface area contributed by atoms with Gasteiger partial charge in [0.2, 0.25) is 11.8 Å². The van der Waals surface area contributed by atoms with E-state index in [1.165, 1.54) is 0 Å². The monoisotopic (exact) mass is 302 g/mol. The highest BCUT2D eigenvalue weighted by molar-refractivity contribution is 6.00. The first kappa shape index (κ1) is 17.8. The Kier molecular flexibility index (Phi) is 8.91. The van der Waals surface area contributed by atoms with Gasteiger partial charge >= 0.3 is 0 Å². The van der Waals surface area contributed by atoms with E-state index in [4.69, 9.17) is 20.9 Å². The van der Waals surface area contributed by atoms with E-state index in [1.807, 2.05) is 0 Å². The molecule has 0 spiro atoms. The molecule has 0 bridgehead atoms. The lowest BCUT2D eigenvalue weighted by Crippen LogP contribution is -2.46. The molecule has 0 aromatic heterocycles. The van der Waals surface area contributed by atoms with Crippen LogP contribution in [-0.4, -0.2) is 57.5 Å². The Labute approximate surface area is 124 Å². The SMILES string of the molecule is NCCNC(=O)C(COC1CCCCO1)C(=O)NCCN. The molecular weight excluding hydrogens is 276 g/mol. The van der Waals surface area contributed by atoms with Crippen molar-refractivity contribution in [1.29, 1.82) is 0 Å². The number of carbonyl (C=O) groups excluding carboxylic acids is 2. The number of rotatable bonds is 9. The lowest BCUT2D eigenvalue weighted by atomic mass is 10.1. The van der Waals surface area contributed by atoms with Crippen LogP contribution in [0, 0.1) is 5.92 Å². The van der Waals surface area contributed by atoms with Gasteiger partial charge in [0.25, 0.3) is 0 Å². The average Bonchev–Trinajstić information content (AvgIpc) is 2.52. The van der Waals surface area contributed by atoms with Gasteiger partial charge in [0.1, 0.15) is 5.92 Å². The molecule has 6 N–H and O–H groups in total. The van der Waals surface area contributed by atoms with Crippen LogP contribution in [-0.2, 0) is 19.1 Å². The fraction of sp³-hybridized carbons (Fsp3) is 0.846. The molecule has 1 aliphatic rings. The molecule has 1 atom stereocenters. The lowest BCUT2D eigenvalue weighted by molar-refractivity contribution is -0.173. The largest absolute Gasteiger partial charge is 0.354 e. The highest BCUT2D eigenvalue weighted by atomic mass is 16.7. The van der Waals surface area contributed by atoms with E-state index in [1.54, 1.807) is 0 Å². The summed E-state index contributed by atoms with van der Waals surface area (Å²) in [6, 6.07) is 0. The summed E-state index contributed by atoms with van der Waals surface area (Å²) >= 11 is 0. The summed E-state index contributed by atoms with van der Waals surface area (Å²) in [6.07, 6.45) is 2.47. The third-order valence-corrected chi connectivity index (χ3v) is 3.11. The van der Waals surface area contributed by atoms with Gasteiger partial charge in [-0.25, -0.2) is 0 Å². The van der Waals surface area contributed by atoms with Crippen LogP contribution in [0.15, 0.2) is 0 Å². The molecule has 1 fully saturated rings. The molecule has 8 nitrogen and oxygen atoms in total. The maximum absolute atomic E-state index is 12.0. The average molecular weight is 302 g/mol. The summed E-state index contributed by atoms with van der Waals surface area (Å²) < 4.78 is 11.0. The van der Waals surface area contributed by atoms with E-state index >= 15 is 0 Å². The van der Waals surface area contributed by atoms with Crippen LogP contribution >= 0.6 is 0 Å². The van der Waals surface area contributed by atoms with Gasteiger partial charge in [0.15, 0.2) is 6.29 Å². The Morgan fingerprint density at radius 2 is 1.76 bits per heavy atom. The molecule has 1 aliphatic heterocycles. The van der Waals surface area contributed by atoms with Gasteiger partial charge in [-0.2, -0.15) is 0 Å². The molecule has 122 valence electrons. The van der Waals surface area contributed by atoms with Crippen molar-refractivity contribution >= 4 is 11.8 Å². The highest BCUT2D eigenvalue weighted by Crippen LogP contribution is 2.14. The van der Waals surface area contributed by atoms with Gasteiger partial charge in [-0.05, 0) is 19.3 Å². The Balaban J connectivity index is 2.48. The van der Waals surface area contributed by atoms with E-state index in [0.29, 0.717) is 32.8 Å². The van der Waals surface area contributed by atoms with Crippen molar-refractivity contribution < 1.29 is 19.1 Å². The van der Waals surface area contributed by atoms with Crippen LogP contribution in [0.2, 0.25) is 0 Å². The van der Waals surface area contributed by atoms with Crippen LogP contribution in [0.25, 0.3) is 0 Å². The van der Waals surface area contributed by atoms with Crippen molar-refractivity contribution in [1.82, 2.24) is 10.6 Å². The van der Waals surface area contributed by atoms with Crippen LogP contribution in [0.1, 0.15) is 19.3 Å². The number of ether oxygens (including phenoxy) is 2. The molecule has 1 rings (SSSR count). The Bertz CT molecular complexity index is 301. The zero-order valence-electron chi connectivity index (χ0n) is 12.3. The maximum atomic E-state index is 12.0. The minimum Gasteiger partial charge on any atom is -0.354 e. The summed E-state index contributed by atoms with van der Waals surface area (Å²) in [5, 5.41) is 5.20. The topological polar surface area (TPSA) is 129 Å². The standard InChI is InChI=1S/C13H26N4O4/c14-4-6-16-12(18)10(13(19)17-7-5-15)9-21-11-3-1-2-8-20-11/h10-11H,1-9,14-15H2,(H,16,18)(H,17,19). The number of hydrogen-bond donors (Lipinski definition) is 4. The molecule has 0 saturated carbocycles. The van der Waals surface area contributed by atoms with Crippen molar-refractivity contribution in [2.75, 3.05) is 39.4 Å². The van der Waals surface area contributed by atoms with E-state index in [2.05, 4.69) is 10.6 Å². The van der Waals surface area contributed by atoms with Gasteiger partial charge in [-0.15, -0.1) is 0 Å². The molecule has 2 amide bonds. The van der Waals surface area contributed by atoms with Crippen molar-refractivity contribution in [2.24, 2.45) is 17.4 Å². The molecule has 0 aromatic carbocycles. The maximum Gasteiger partial charge on any atom is 0.235 e. The first-order valence-corrected chi connectivity index (χ1v) is 7.37. The Hall–Kier alpha value is -1.22. The minimum atomic E-state index is -0.923. The summed E-state index contributed by atoms with van der Waals surface area (Å²) in [7, 11) is 0. The van der Waals surface area contributed by atoms with E-state index in [0.717, 1.165) is 19.3 Å². The summed E-state index contributed by atoms with van der Waals surface area (Å²) in [4.78, 5) is 24.0. The number of carbonyl (C=O) groups is 2. The van der Waals surface area contributed by atoms with E-state index in [-0.39, 0.29) is 12.9 Å². The van der Waals surface area contributed by atoms with Crippen molar-refractivity contribution in [3.05, 3.63) is 0 Å². The van der Waals surface area contributed by atoms with Gasteiger partial charge in [-0.3, -0.25) is 9.59 Å². The zero-order chi connectivity index (χ0) is 15.5. The van der Waals surface area contributed by atoms with E-state index < -0.39 is 17.7 Å². The molecule has 1 unspecified atom stereocenters. The number of hydrogen-bond acceptors (Lipinski definition) is 6. The summed E-state index contributed by atoms with van der Waals surface area (Å²) in [5.74, 6) is -1.72. The quantitative estimate of drug-likeness (QED) is 0.376. The molecule has 0 radical (unpaired) electrons. The molecule has 8 heteroatoms. The number of nitrogens with one attached hydrogen (secondary N) is 2. The normalized spacial score (nSPS) is 18.5. The first-order chi connectivity index (χ1) is 10.2. The molecule has 1 heterocycles. The predicted molar refractivity (Wildman–Crippen MR) is 77.2 cm³/mol. The molecule has 21 heavy (non-hydrogen) atoms. The second kappa shape index (κ2) is 10.5. The highest BCUT2D eigenvalue weighted by Gasteiger charge is 2.28. The van der Waals surface area contributed by atoms with Crippen LogP contribution < -0.4 is 22.1 Å². The smallest absolute Gasteiger partial charge is 0.235 e. The molecule has 0 aromatic rings. The second-order valence-electron chi connectivity index (χ2n) is 4.84. The van der Waals surface area contributed by atoms with Crippen molar-refractivity contribution in [3.63, 3.8) is 0 Å². The molecule has 0 aliphatic carbocycles. The van der Waals surface area contributed by atoms with Crippen LogP contribution in [0.4, 0.5) is 0 Å². The first-order valence-electron chi connectivity index (χ1n) is 7.37. The number of amides is 2. The summed E-state index contributed by atoms with van der Waals surface area (Å²) in [5.41, 5.74) is 10.7. The zero-order valence-corrected chi connectivity index (χ0v) is 12.3. The van der Waals surface area contributed by atoms with Gasteiger partial charge < -0.3 is 31.6 Å². The predicted octanol–water partition coefficient (Wildman–Crippen LogP) is -1.70. The fourth-order valence-corrected chi connectivity index (χ4v) is 1.95. The van der Waals surface area contributed by atoms with Gasteiger partial charge in [-0.1, -0.05) is 0 Å². The molecule has 1 saturated heterocycles. The fourth-order valence-electron chi connectivity index (χ4n) is 1.95. The van der Waals surface area contributed by atoms with Gasteiger partial charge in [0.05, 0.1) is 6.61 Å². The Morgan fingerprint density at radius 3 is 2.24 bits per heavy atom. The summed E-state index contributed by atoms with van der Waals surface area (Å²) in [6.45, 7) is 1.90. The number of nitrogens with two attached hydrogens (primary N) is 2. The van der Waals surface area contributed by atoms with Crippen LogP contribution in [0.3, 0.4) is 0 Å². The van der Waals surface area contributed by atoms with E-state index in [9.17, 15) is 9.59 Å². The van der Waals surface area contributed by atoms with Crippen molar-refractivity contribution in [2.45, 2.75) is 25.6 Å². The third-order valence-electron chi connectivity index (χ3n) is 3.11. The van der Waals surface area contributed by atoms with Crippen molar-refractivity contribution in [3.8, 4) is 0 Å². The third kappa shape index (κ3) is 6.85. The minimum absolute atomic E-state index is 0.0164. The second-order valence-corrected chi connectivity index (χ2v) is 4.84. The lowest BCUT2D eigenvalue weighted by Gasteiger charge is -2.24. The Morgan fingerprint density at radius 1 is 1.14 bits per heavy atom.